The summed E-state index contributed by atoms with van der Waals surface area (Å²) in [7, 11) is 0. The molecule has 162 valence electrons. The predicted molar refractivity (Wildman–Crippen MR) is 127 cm³/mol. The number of alkyl halides is 2. The van der Waals surface area contributed by atoms with Gasteiger partial charge in [0.2, 0.25) is 17.7 Å². The molecule has 1 heterocycles. The van der Waals surface area contributed by atoms with Gasteiger partial charge in [-0.3, -0.25) is 19.3 Å². The molecule has 3 amide bonds. The average Bonchev–Trinajstić information content (AvgIpc) is 3.30. The fraction of sp³-hybridized carbons (Fsp3) is 0.591. The molecule has 30 heavy (non-hydrogen) atoms. The topological polar surface area (TPSA) is 66.5 Å². The number of amides is 3. The standard InChI is InChI=1S/C22H25Br3N2O3/c1-11-9-12(23)6-7-15(11)26-16(28)5-3-2-4-8-27-21(29)17-13-10-14(18(17)22(27)30)20(25)19(13)24/h6-7,9,13-14,17-20H,2-5,8,10H2,1H3,(H,26,28)/t13-,14-,17-,18+,19+,20+/m1/s1. The van der Waals surface area contributed by atoms with Crippen LogP contribution in [0.3, 0.4) is 0 Å². The van der Waals surface area contributed by atoms with Gasteiger partial charge in [-0.05, 0) is 61.8 Å². The molecule has 1 aromatic rings. The summed E-state index contributed by atoms with van der Waals surface area (Å²) in [5.74, 6) is 0.274. The first-order valence-corrected chi connectivity index (χ1v) is 13.1. The quantitative estimate of drug-likeness (QED) is 0.270. The summed E-state index contributed by atoms with van der Waals surface area (Å²) in [6.07, 6.45) is 3.69. The van der Waals surface area contributed by atoms with Crippen molar-refractivity contribution in [3.63, 3.8) is 0 Å². The van der Waals surface area contributed by atoms with Crippen molar-refractivity contribution in [2.24, 2.45) is 23.7 Å². The Morgan fingerprint density at radius 3 is 2.30 bits per heavy atom. The van der Waals surface area contributed by atoms with Gasteiger partial charge in [0.05, 0.1) is 11.8 Å². The van der Waals surface area contributed by atoms with Gasteiger partial charge >= 0.3 is 0 Å². The summed E-state index contributed by atoms with van der Waals surface area (Å²) in [5.41, 5.74) is 1.84. The minimum Gasteiger partial charge on any atom is -0.326 e. The second kappa shape index (κ2) is 9.02. The van der Waals surface area contributed by atoms with Crippen LogP contribution in [-0.4, -0.2) is 38.8 Å². The molecule has 1 aliphatic heterocycles. The fourth-order valence-corrected chi connectivity index (χ4v) is 7.69. The third-order valence-electron chi connectivity index (χ3n) is 6.83. The molecule has 3 aliphatic rings. The van der Waals surface area contributed by atoms with Crippen molar-refractivity contribution in [3.8, 4) is 0 Å². The van der Waals surface area contributed by atoms with Crippen LogP contribution >= 0.6 is 47.8 Å². The van der Waals surface area contributed by atoms with Crippen LogP contribution in [0, 0.1) is 30.6 Å². The molecule has 2 saturated carbocycles. The van der Waals surface area contributed by atoms with Crippen molar-refractivity contribution < 1.29 is 14.4 Å². The van der Waals surface area contributed by atoms with Crippen molar-refractivity contribution in [1.82, 2.24) is 4.90 Å². The van der Waals surface area contributed by atoms with Crippen LogP contribution in [0.4, 0.5) is 5.69 Å². The Morgan fingerprint density at radius 2 is 1.70 bits per heavy atom. The molecule has 0 aromatic heterocycles. The third-order valence-corrected chi connectivity index (χ3v) is 10.5. The molecule has 5 nitrogen and oxygen atoms in total. The van der Waals surface area contributed by atoms with Crippen molar-refractivity contribution >= 4 is 71.2 Å². The highest BCUT2D eigenvalue weighted by Crippen LogP contribution is 2.60. The molecule has 2 bridgehead atoms. The lowest BCUT2D eigenvalue weighted by Crippen LogP contribution is -2.37. The molecule has 1 aromatic carbocycles. The second-order valence-corrected chi connectivity index (χ2v) is 11.7. The summed E-state index contributed by atoms with van der Waals surface area (Å²) in [6, 6.07) is 5.77. The summed E-state index contributed by atoms with van der Waals surface area (Å²) in [5, 5.41) is 2.95. The van der Waals surface area contributed by atoms with E-state index in [0.29, 0.717) is 13.0 Å². The normalized spacial score (nSPS) is 32.1. The van der Waals surface area contributed by atoms with E-state index in [1.807, 2.05) is 25.1 Å². The fourth-order valence-electron chi connectivity index (χ4n) is 5.34. The number of rotatable bonds is 7. The maximum Gasteiger partial charge on any atom is 0.233 e. The Kier molecular flexibility index (Phi) is 6.76. The molecule has 1 saturated heterocycles. The van der Waals surface area contributed by atoms with Crippen molar-refractivity contribution in [2.75, 3.05) is 11.9 Å². The smallest absolute Gasteiger partial charge is 0.233 e. The lowest BCUT2D eigenvalue weighted by molar-refractivity contribution is -0.140. The zero-order chi connectivity index (χ0) is 21.6. The molecule has 6 atom stereocenters. The van der Waals surface area contributed by atoms with Crippen LogP contribution in [0.25, 0.3) is 0 Å². The van der Waals surface area contributed by atoms with E-state index in [4.69, 9.17) is 0 Å². The van der Waals surface area contributed by atoms with Crippen LogP contribution in [0.2, 0.25) is 0 Å². The maximum absolute atomic E-state index is 12.9. The van der Waals surface area contributed by atoms with Gasteiger partial charge in [0.25, 0.3) is 0 Å². The Hall–Kier alpha value is -0.730. The molecule has 2 aliphatic carbocycles. The van der Waals surface area contributed by atoms with E-state index in [1.54, 1.807) is 0 Å². The van der Waals surface area contributed by atoms with Crippen LogP contribution in [0.5, 0.6) is 0 Å². The second-order valence-electron chi connectivity index (χ2n) is 8.65. The van der Waals surface area contributed by atoms with E-state index in [1.165, 1.54) is 4.90 Å². The van der Waals surface area contributed by atoms with Gasteiger partial charge in [0.1, 0.15) is 0 Å². The Labute approximate surface area is 202 Å². The molecule has 8 heteroatoms. The van der Waals surface area contributed by atoms with Gasteiger partial charge in [-0.1, -0.05) is 54.2 Å². The Bertz CT molecular complexity index is 845. The zero-order valence-corrected chi connectivity index (χ0v) is 21.5. The van der Waals surface area contributed by atoms with E-state index in [2.05, 4.69) is 53.1 Å². The molecule has 4 rings (SSSR count). The number of anilines is 1. The molecule has 3 fully saturated rings. The predicted octanol–water partition coefficient (Wildman–Crippen LogP) is 5.03. The number of nitrogens with zero attached hydrogens (tertiary/aromatic N) is 1. The minimum absolute atomic E-state index is 0.00780. The first kappa shape index (κ1) is 22.5. The number of hydrogen-bond acceptors (Lipinski definition) is 3. The first-order valence-electron chi connectivity index (χ1n) is 10.5. The van der Waals surface area contributed by atoms with E-state index < -0.39 is 0 Å². The Balaban J connectivity index is 1.21. The first-order chi connectivity index (χ1) is 14.3. The van der Waals surface area contributed by atoms with Gasteiger partial charge in [-0.25, -0.2) is 0 Å². The number of aryl methyl sites for hydroxylation is 1. The lowest BCUT2D eigenvalue weighted by Gasteiger charge is -2.28. The van der Waals surface area contributed by atoms with E-state index in [-0.39, 0.29) is 51.0 Å². The molecular formula is C22H25Br3N2O3. The van der Waals surface area contributed by atoms with Crippen LogP contribution in [0.15, 0.2) is 22.7 Å². The molecule has 0 unspecified atom stereocenters. The van der Waals surface area contributed by atoms with Crippen molar-refractivity contribution in [2.45, 2.75) is 48.7 Å². The summed E-state index contributed by atoms with van der Waals surface area (Å²) < 4.78 is 0.986. The summed E-state index contributed by atoms with van der Waals surface area (Å²) >= 11 is 10.8. The van der Waals surface area contributed by atoms with Crippen molar-refractivity contribution in [1.29, 1.82) is 0 Å². The number of nitrogens with one attached hydrogen (secondary N) is 1. The number of fused-ring (bicyclic) bond motifs is 5. The van der Waals surface area contributed by atoms with Crippen LogP contribution in [0.1, 0.15) is 37.7 Å². The van der Waals surface area contributed by atoms with Crippen LogP contribution < -0.4 is 5.32 Å². The van der Waals surface area contributed by atoms with E-state index in [9.17, 15) is 14.4 Å². The van der Waals surface area contributed by atoms with Gasteiger partial charge < -0.3 is 5.32 Å². The summed E-state index contributed by atoms with van der Waals surface area (Å²) in [4.78, 5) is 40.0. The highest BCUT2D eigenvalue weighted by molar-refractivity contribution is 9.12. The maximum atomic E-state index is 12.9. The van der Waals surface area contributed by atoms with E-state index in [0.717, 1.165) is 41.4 Å². The number of likely N-dealkylation sites (tertiary alicyclic amines) is 1. The molecule has 0 radical (unpaired) electrons. The van der Waals surface area contributed by atoms with E-state index >= 15 is 0 Å². The number of carbonyl (C=O) groups is 3. The van der Waals surface area contributed by atoms with Gasteiger partial charge in [0, 0.05) is 32.8 Å². The molecule has 1 N–H and O–H groups in total. The average molecular weight is 605 g/mol. The Morgan fingerprint density at radius 1 is 1.07 bits per heavy atom. The molecular weight excluding hydrogens is 580 g/mol. The largest absolute Gasteiger partial charge is 0.326 e. The number of halogens is 3. The monoisotopic (exact) mass is 602 g/mol. The van der Waals surface area contributed by atoms with Crippen LogP contribution in [-0.2, 0) is 14.4 Å². The number of carbonyl (C=O) groups excluding carboxylic acids is 3. The number of imide groups is 1. The zero-order valence-electron chi connectivity index (χ0n) is 16.7. The lowest BCUT2D eigenvalue weighted by atomic mass is 9.81. The summed E-state index contributed by atoms with van der Waals surface area (Å²) in [6.45, 7) is 2.43. The molecule has 0 spiro atoms. The number of hydrogen-bond donors (Lipinski definition) is 1. The van der Waals surface area contributed by atoms with Gasteiger partial charge in [0.15, 0.2) is 0 Å². The van der Waals surface area contributed by atoms with Gasteiger partial charge in [-0.15, -0.1) is 0 Å². The highest BCUT2D eigenvalue weighted by Gasteiger charge is 2.66. The SMILES string of the molecule is Cc1cc(Br)ccc1NC(=O)CCCCCN1C(=O)[C@@H]2[C@H]3C[C@@H]([C@H](Br)[C@H]3Br)[C@@H]2C1=O. The number of unbranched alkanes of at least 4 members (excludes halogenated alkanes) is 2. The van der Waals surface area contributed by atoms with Crippen molar-refractivity contribution in [3.05, 3.63) is 28.2 Å². The minimum atomic E-state index is -0.138. The third kappa shape index (κ3) is 4.04. The number of benzene rings is 1. The van der Waals surface area contributed by atoms with Gasteiger partial charge in [-0.2, -0.15) is 0 Å². The highest BCUT2D eigenvalue weighted by atomic mass is 79.9.